The van der Waals surface area contributed by atoms with E-state index in [0.29, 0.717) is 0 Å². The van der Waals surface area contributed by atoms with E-state index in [1.165, 1.54) is 0 Å². The fourth-order valence-electron chi connectivity index (χ4n) is 0.903. The van der Waals surface area contributed by atoms with E-state index in [4.69, 9.17) is 8.37 Å². The van der Waals surface area contributed by atoms with Crippen LogP contribution in [-0.4, -0.2) is 6.29 Å². The first-order valence-electron chi connectivity index (χ1n) is 3.67. The summed E-state index contributed by atoms with van der Waals surface area (Å²) in [6.45, 7) is 0. The highest BCUT2D eigenvalue weighted by atomic mass is 32.2. The van der Waals surface area contributed by atoms with E-state index in [2.05, 4.69) is 0 Å². The second-order valence-corrected chi connectivity index (χ2v) is 2.92. The van der Waals surface area contributed by atoms with E-state index < -0.39 is 0 Å². The number of benzene rings is 1. The van der Waals surface area contributed by atoms with Gasteiger partial charge < -0.3 is 0 Å². The van der Waals surface area contributed by atoms with Crippen molar-refractivity contribution in [3.63, 3.8) is 0 Å². The summed E-state index contributed by atoms with van der Waals surface area (Å²) in [5, 5.41) is 0. The van der Waals surface area contributed by atoms with Crippen LogP contribution in [-0.2, 0) is 8.37 Å². The number of hydrogen-bond acceptors (Lipinski definition) is 3. The molecule has 0 atom stereocenters. The molecule has 1 fully saturated rings. The third-order valence-corrected chi connectivity index (χ3v) is 2.05. The normalized spacial score (nSPS) is 18.0. The molecular formula is C9H8O2S. The van der Waals surface area contributed by atoms with Gasteiger partial charge in [-0.25, -0.2) is 0 Å². The monoisotopic (exact) mass is 180 g/mol. The van der Waals surface area contributed by atoms with E-state index >= 15 is 0 Å². The molecule has 62 valence electrons. The van der Waals surface area contributed by atoms with Crippen LogP contribution in [0.15, 0.2) is 36.4 Å². The number of rotatable bonds is 2. The van der Waals surface area contributed by atoms with Crippen molar-refractivity contribution in [3.05, 3.63) is 42.0 Å². The molecule has 1 aromatic rings. The van der Waals surface area contributed by atoms with E-state index in [-0.39, 0.29) is 6.29 Å². The Bertz CT molecular complexity index is 267. The van der Waals surface area contributed by atoms with Crippen molar-refractivity contribution in [2.45, 2.75) is 6.29 Å². The van der Waals surface area contributed by atoms with Gasteiger partial charge in [0.05, 0.1) is 0 Å². The van der Waals surface area contributed by atoms with Crippen molar-refractivity contribution in [1.82, 2.24) is 0 Å². The molecule has 1 heterocycles. The SMILES string of the molecule is C(=CC1OSO1)c1ccccc1. The van der Waals surface area contributed by atoms with Crippen LogP contribution in [0.4, 0.5) is 0 Å². The molecule has 0 bridgehead atoms. The quantitative estimate of drug-likeness (QED) is 0.652. The van der Waals surface area contributed by atoms with Gasteiger partial charge in [0.15, 0.2) is 12.3 Å². The highest BCUT2D eigenvalue weighted by molar-refractivity contribution is 7.90. The summed E-state index contributed by atoms with van der Waals surface area (Å²) < 4.78 is 9.92. The van der Waals surface area contributed by atoms with Gasteiger partial charge in [-0.15, -0.1) is 0 Å². The van der Waals surface area contributed by atoms with Crippen LogP contribution in [0.3, 0.4) is 0 Å². The third-order valence-electron chi connectivity index (χ3n) is 1.51. The maximum atomic E-state index is 4.96. The van der Waals surface area contributed by atoms with Crippen molar-refractivity contribution in [2.24, 2.45) is 0 Å². The van der Waals surface area contributed by atoms with Gasteiger partial charge in [-0.05, 0) is 11.6 Å². The van der Waals surface area contributed by atoms with Gasteiger partial charge in [0.25, 0.3) is 0 Å². The fraction of sp³-hybridized carbons (Fsp3) is 0.111. The zero-order valence-corrected chi connectivity index (χ0v) is 7.16. The minimum Gasteiger partial charge on any atom is -0.254 e. The fourth-order valence-corrected chi connectivity index (χ4v) is 1.20. The van der Waals surface area contributed by atoms with Gasteiger partial charge in [0.1, 0.15) is 0 Å². The molecule has 0 saturated carbocycles. The predicted molar refractivity (Wildman–Crippen MR) is 49.0 cm³/mol. The molecule has 12 heavy (non-hydrogen) atoms. The lowest BCUT2D eigenvalue weighted by atomic mass is 10.2. The summed E-state index contributed by atoms with van der Waals surface area (Å²) in [7, 11) is 0. The van der Waals surface area contributed by atoms with Crippen LogP contribution >= 0.6 is 12.3 Å². The Hall–Kier alpha value is -0.770. The molecule has 0 spiro atoms. The Morgan fingerprint density at radius 2 is 1.92 bits per heavy atom. The first-order valence-corrected chi connectivity index (χ1v) is 4.34. The maximum absolute atomic E-state index is 4.96. The average molecular weight is 180 g/mol. The van der Waals surface area contributed by atoms with Gasteiger partial charge in [0, 0.05) is 0 Å². The lowest BCUT2D eigenvalue weighted by molar-refractivity contribution is 0.00146. The summed E-state index contributed by atoms with van der Waals surface area (Å²) in [5.74, 6) is 0. The smallest absolute Gasteiger partial charge is 0.207 e. The zero-order valence-electron chi connectivity index (χ0n) is 6.34. The van der Waals surface area contributed by atoms with Gasteiger partial charge >= 0.3 is 0 Å². The Balaban J connectivity index is 1.98. The Labute approximate surface area is 75.6 Å². The molecule has 0 amide bonds. The Kier molecular flexibility index (Phi) is 2.46. The molecule has 1 saturated heterocycles. The van der Waals surface area contributed by atoms with E-state index in [9.17, 15) is 0 Å². The molecule has 1 aliphatic heterocycles. The summed E-state index contributed by atoms with van der Waals surface area (Å²) in [5.41, 5.74) is 1.15. The van der Waals surface area contributed by atoms with Crippen LogP contribution in [0, 0.1) is 0 Å². The van der Waals surface area contributed by atoms with Gasteiger partial charge in [0.2, 0.25) is 6.29 Å². The summed E-state index contributed by atoms with van der Waals surface area (Å²) in [6, 6.07) is 10.0. The molecule has 0 unspecified atom stereocenters. The standard InChI is InChI=1S/C9H8O2S/c1-2-4-8(5-3-1)6-7-9-10-12-11-9/h1-7,9H. The maximum Gasteiger partial charge on any atom is 0.207 e. The summed E-state index contributed by atoms with van der Waals surface area (Å²) in [6.07, 6.45) is 3.69. The molecular weight excluding hydrogens is 172 g/mol. The molecule has 1 aliphatic rings. The average Bonchev–Trinajstić information content (AvgIpc) is 2.04. The Morgan fingerprint density at radius 3 is 2.50 bits per heavy atom. The zero-order chi connectivity index (χ0) is 8.23. The van der Waals surface area contributed by atoms with Crippen molar-refractivity contribution in [1.29, 1.82) is 0 Å². The second kappa shape index (κ2) is 3.76. The van der Waals surface area contributed by atoms with Gasteiger partial charge in [-0.1, -0.05) is 36.4 Å². The van der Waals surface area contributed by atoms with E-state index in [0.717, 1.165) is 17.9 Å². The van der Waals surface area contributed by atoms with E-state index in [1.54, 1.807) is 0 Å². The highest BCUT2D eigenvalue weighted by Crippen LogP contribution is 2.26. The third kappa shape index (κ3) is 1.88. The lowest BCUT2D eigenvalue weighted by Gasteiger charge is -2.19. The predicted octanol–water partition coefficient (Wildman–Crippen LogP) is 2.64. The number of hydrogen-bond donors (Lipinski definition) is 0. The summed E-state index contributed by atoms with van der Waals surface area (Å²) >= 11 is 1.03. The van der Waals surface area contributed by atoms with Crippen LogP contribution in [0.5, 0.6) is 0 Å². The minimum atomic E-state index is -0.171. The van der Waals surface area contributed by atoms with Crippen molar-refractivity contribution >= 4 is 18.4 Å². The largest absolute Gasteiger partial charge is 0.254 e. The second-order valence-electron chi connectivity index (χ2n) is 2.40. The lowest BCUT2D eigenvalue weighted by Crippen LogP contribution is -2.15. The molecule has 0 N–H and O–H groups in total. The molecule has 0 aliphatic carbocycles. The highest BCUT2D eigenvalue weighted by Gasteiger charge is 2.16. The van der Waals surface area contributed by atoms with Crippen LogP contribution in [0.1, 0.15) is 5.56 Å². The molecule has 3 heteroatoms. The minimum absolute atomic E-state index is 0.171. The van der Waals surface area contributed by atoms with Crippen molar-refractivity contribution in [2.75, 3.05) is 0 Å². The Morgan fingerprint density at radius 1 is 1.17 bits per heavy atom. The van der Waals surface area contributed by atoms with Gasteiger partial charge in [-0.3, -0.25) is 8.37 Å². The molecule has 1 aromatic carbocycles. The van der Waals surface area contributed by atoms with Gasteiger partial charge in [-0.2, -0.15) is 0 Å². The van der Waals surface area contributed by atoms with Crippen molar-refractivity contribution < 1.29 is 8.37 Å². The first kappa shape index (κ1) is 7.86. The van der Waals surface area contributed by atoms with Crippen LogP contribution < -0.4 is 0 Å². The molecule has 2 rings (SSSR count). The molecule has 2 nitrogen and oxygen atoms in total. The van der Waals surface area contributed by atoms with Crippen LogP contribution in [0.25, 0.3) is 6.08 Å². The van der Waals surface area contributed by atoms with Crippen LogP contribution in [0.2, 0.25) is 0 Å². The molecule has 0 aromatic heterocycles. The topological polar surface area (TPSA) is 18.5 Å². The van der Waals surface area contributed by atoms with Crippen molar-refractivity contribution in [3.8, 4) is 0 Å². The van der Waals surface area contributed by atoms with E-state index in [1.807, 2.05) is 42.5 Å². The summed E-state index contributed by atoms with van der Waals surface area (Å²) in [4.78, 5) is 0. The first-order chi connectivity index (χ1) is 5.95. The molecule has 0 radical (unpaired) electrons.